The fourth-order valence-electron chi connectivity index (χ4n) is 3.20. The Balaban J connectivity index is 2.97. The summed E-state index contributed by atoms with van der Waals surface area (Å²) in [5.41, 5.74) is 8.41. The van der Waals surface area contributed by atoms with Crippen molar-refractivity contribution in [3.63, 3.8) is 0 Å². The molecule has 160 valence electrons. The van der Waals surface area contributed by atoms with E-state index in [9.17, 15) is 4.79 Å². The first-order chi connectivity index (χ1) is 14.3. The molecule has 0 radical (unpaired) electrons. The molecule has 0 bridgehead atoms. The summed E-state index contributed by atoms with van der Waals surface area (Å²) in [6.07, 6.45) is 17.2. The molecule has 0 atom stereocenters. The monoisotopic (exact) mass is 404 g/mol. The van der Waals surface area contributed by atoms with Gasteiger partial charge >= 0.3 is 0 Å². The molecule has 0 fully saturated rings. The van der Waals surface area contributed by atoms with E-state index < -0.39 is 0 Å². The van der Waals surface area contributed by atoms with Crippen molar-refractivity contribution in [3.8, 4) is 0 Å². The first-order valence-corrected chi connectivity index (χ1v) is 10.4. The Kier molecular flexibility index (Phi) is 10.4. The van der Waals surface area contributed by atoms with Gasteiger partial charge in [-0.15, -0.1) is 0 Å². The van der Waals surface area contributed by atoms with Gasteiger partial charge in [0.25, 0.3) is 0 Å². The minimum absolute atomic E-state index is 0.0213. The van der Waals surface area contributed by atoms with Crippen LogP contribution in [0.2, 0.25) is 0 Å². The van der Waals surface area contributed by atoms with Crippen LogP contribution in [0.3, 0.4) is 0 Å². The molecule has 1 rings (SSSR count). The lowest BCUT2D eigenvalue weighted by atomic mass is 10.0. The average molecular weight is 405 g/mol. The first-order valence-electron chi connectivity index (χ1n) is 10.4. The van der Waals surface area contributed by atoms with Crippen LogP contribution in [0, 0.1) is 0 Å². The number of hydrogen-bond donors (Lipinski definition) is 2. The van der Waals surface area contributed by atoms with E-state index in [0.29, 0.717) is 6.42 Å². The Morgan fingerprint density at radius 1 is 1.07 bits per heavy atom. The molecule has 0 spiro atoms. The molecule has 30 heavy (non-hydrogen) atoms. The highest BCUT2D eigenvalue weighted by molar-refractivity contribution is 5.78. The summed E-state index contributed by atoms with van der Waals surface area (Å²) in [5, 5.41) is 6.30. The van der Waals surface area contributed by atoms with Crippen LogP contribution in [0.15, 0.2) is 107 Å². The zero-order chi connectivity index (χ0) is 22.7. The number of carbonyl (C=O) groups is 1. The summed E-state index contributed by atoms with van der Waals surface area (Å²) < 4.78 is 0. The Bertz CT molecular complexity index is 899. The van der Waals surface area contributed by atoms with E-state index in [0.717, 1.165) is 34.7 Å². The van der Waals surface area contributed by atoms with E-state index in [4.69, 9.17) is 0 Å². The Morgan fingerprint density at radius 3 is 2.30 bits per heavy atom. The van der Waals surface area contributed by atoms with Crippen LogP contribution in [0.4, 0.5) is 0 Å². The van der Waals surface area contributed by atoms with E-state index in [2.05, 4.69) is 61.9 Å². The van der Waals surface area contributed by atoms with Crippen molar-refractivity contribution in [1.29, 1.82) is 0 Å². The lowest BCUT2D eigenvalue weighted by molar-refractivity contribution is -0.120. The molecule has 0 aromatic carbocycles. The van der Waals surface area contributed by atoms with Crippen LogP contribution in [-0.4, -0.2) is 5.91 Å². The first kappa shape index (κ1) is 25.0. The fraction of sp³-hybridized carbons (Fsp3) is 0.296. The van der Waals surface area contributed by atoms with Crippen LogP contribution in [0.5, 0.6) is 0 Å². The molecule has 2 N–H and O–H groups in total. The molecule has 0 saturated heterocycles. The molecule has 1 amide bonds. The quantitative estimate of drug-likeness (QED) is 0.398. The van der Waals surface area contributed by atoms with Gasteiger partial charge in [-0.2, -0.15) is 0 Å². The highest BCUT2D eigenvalue weighted by atomic mass is 16.1. The van der Waals surface area contributed by atoms with Gasteiger partial charge in [0.1, 0.15) is 0 Å². The SMILES string of the molecule is C=C(/C=C(\C=C/C)NC(=O)CC)NC1=C(C)C(/C=C\C(=C)C(/C=C\C)=C/C)=C(C)C1. The second-order valence-corrected chi connectivity index (χ2v) is 7.23. The van der Waals surface area contributed by atoms with Crippen molar-refractivity contribution in [2.45, 2.75) is 54.4 Å². The predicted octanol–water partition coefficient (Wildman–Crippen LogP) is 6.70. The van der Waals surface area contributed by atoms with Crippen LogP contribution in [-0.2, 0) is 4.79 Å². The third-order valence-corrected chi connectivity index (χ3v) is 4.83. The number of hydrogen-bond acceptors (Lipinski definition) is 2. The van der Waals surface area contributed by atoms with Gasteiger partial charge < -0.3 is 10.6 Å². The Morgan fingerprint density at radius 2 is 1.73 bits per heavy atom. The second-order valence-electron chi connectivity index (χ2n) is 7.23. The zero-order valence-corrected chi connectivity index (χ0v) is 19.4. The van der Waals surface area contributed by atoms with Crippen molar-refractivity contribution in [2.24, 2.45) is 0 Å². The third kappa shape index (κ3) is 7.40. The van der Waals surface area contributed by atoms with E-state index in [1.54, 1.807) is 0 Å². The van der Waals surface area contributed by atoms with Gasteiger partial charge in [0.2, 0.25) is 5.91 Å². The molecule has 1 aliphatic rings. The molecule has 0 unspecified atom stereocenters. The molecule has 0 saturated carbocycles. The van der Waals surface area contributed by atoms with Gasteiger partial charge in [0, 0.05) is 29.9 Å². The van der Waals surface area contributed by atoms with E-state index >= 15 is 0 Å². The molecule has 1 aliphatic carbocycles. The van der Waals surface area contributed by atoms with Gasteiger partial charge in [-0.25, -0.2) is 0 Å². The van der Waals surface area contributed by atoms with Gasteiger partial charge in [-0.1, -0.05) is 62.1 Å². The van der Waals surface area contributed by atoms with Crippen molar-refractivity contribution in [2.75, 3.05) is 0 Å². The minimum Gasteiger partial charge on any atom is -0.359 e. The van der Waals surface area contributed by atoms with Gasteiger partial charge in [-0.05, 0) is 69.1 Å². The fourth-order valence-corrected chi connectivity index (χ4v) is 3.20. The predicted molar refractivity (Wildman–Crippen MR) is 130 cm³/mol. The summed E-state index contributed by atoms with van der Waals surface area (Å²) in [6, 6.07) is 0. The molecular formula is C27H36N2O. The highest BCUT2D eigenvalue weighted by Gasteiger charge is 2.17. The summed E-state index contributed by atoms with van der Waals surface area (Å²) in [4.78, 5) is 11.7. The molecule has 0 heterocycles. The van der Waals surface area contributed by atoms with Crippen LogP contribution in [0.25, 0.3) is 0 Å². The van der Waals surface area contributed by atoms with Gasteiger partial charge in [-0.3, -0.25) is 4.79 Å². The standard InChI is InChI=1S/C27H36N2O/c1-9-13-23(11-3)19(5)15-16-25-20(6)17-26(22(25)8)28-21(7)18-24(14-10-2)29-27(30)12-4/h9-11,13-16,18,28H,5,7,12,17H2,1-4,6,8H3,(H,29,30)/b13-9-,14-10-,16-15-,23-11+,24-18+. The van der Waals surface area contributed by atoms with Gasteiger partial charge in [0.15, 0.2) is 0 Å². The van der Waals surface area contributed by atoms with Gasteiger partial charge in [0.05, 0.1) is 0 Å². The molecule has 0 aliphatic heterocycles. The Labute approximate surface area is 182 Å². The largest absolute Gasteiger partial charge is 0.359 e. The summed E-state index contributed by atoms with van der Waals surface area (Å²) in [5.74, 6) is -0.0213. The number of nitrogens with one attached hydrogen (secondary N) is 2. The molecule has 0 aromatic heterocycles. The van der Waals surface area contributed by atoms with Crippen molar-refractivity contribution >= 4 is 5.91 Å². The third-order valence-electron chi connectivity index (χ3n) is 4.83. The maximum absolute atomic E-state index is 11.7. The topological polar surface area (TPSA) is 41.1 Å². The second kappa shape index (κ2) is 12.5. The maximum atomic E-state index is 11.7. The van der Waals surface area contributed by atoms with E-state index in [1.165, 1.54) is 16.7 Å². The molecule has 0 aromatic rings. The lowest BCUT2D eigenvalue weighted by Gasteiger charge is -2.11. The summed E-state index contributed by atoms with van der Waals surface area (Å²) in [7, 11) is 0. The molecular weight excluding hydrogens is 368 g/mol. The van der Waals surface area contributed by atoms with Crippen molar-refractivity contribution in [1.82, 2.24) is 10.6 Å². The average Bonchev–Trinajstić information content (AvgIpc) is 2.96. The van der Waals surface area contributed by atoms with Crippen molar-refractivity contribution in [3.05, 3.63) is 107 Å². The number of rotatable bonds is 10. The Hall–Kier alpha value is -3.07. The number of amides is 1. The lowest BCUT2D eigenvalue weighted by Crippen LogP contribution is -2.21. The van der Waals surface area contributed by atoms with Crippen LogP contribution >= 0.6 is 0 Å². The number of allylic oxidation sites excluding steroid dienone is 13. The zero-order valence-electron chi connectivity index (χ0n) is 19.4. The minimum atomic E-state index is -0.0213. The normalized spacial score (nSPS) is 15.8. The smallest absolute Gasteiger partial charge is 0.224 e. The van der Waals surface area contributed by atoms with Crippen LogP contribution in [0.1, 0.15) is 54.4 Å². The highest BCUT2D eigenvalue weighted by Crippen LogP contribution is 2.32. The summed E-state index contributed by atoms with van der Waals surface area (Å²) in [6.45, 7) is 20.3. The van der Waals surface area contributed by atoms with E-state index in [-0.39, 0.29) is 5.91 Å². The molecule has 3 heteroatoms. The maximum Gasteiger partial charge on any atom is 0.224 e. The van der Waals surface area contributed by atoms with Crippen LogP contribution < -0.4 is 10.6 Å². The van der Waals surface area contributed by atoms with Crippen molar-refractivity contribution < 1.29 is 4.79 Å². The summed E-state index contributed by atoms with van der Waals surface area (Å²) >= 11 is 0. The molecule has 3 nitrogen and oxygen atoms in total. The number of carbonyl (C=O) groups excluding carboxylic acids is 1. The van der Waals surface area contributed by atoms with E-state index in [1.807, 2.05) is 52.0 Å².